The van der Waals surface area contributed by atoms with Gasteiger partial charge in [0.1, 0.15) is 11.6 Å². The zero-order valence-electron chi connectivity index (χ0n) is 14.4. The van der Waals surface area contributed by atoms with Crippen LogP contribution in [-0.4, -0.2) is 47.7 Å². The molecule has 0 bridgehead atoms. The summed E-state index contributed by atoms with van der Waals surface area (Å²) in [5.41, 5.74) is 3.92. The van der Waals surface area contributed by atoms with Crippen molar-refractivity contribution >= 4 is 30.0 Å². The molecular formula is C19H25ClN4S. The minimum absolute atomic E-state index is 0. The molecule has 3 heterocycles. The van der Waals surface area contributed by atoms with Crippen molar-refractivity contribution in [1.82, 2.24) is 15.3 Å². The summed E-state index contributed by atoms with van der Waals surface area (Å²) in [7, 11) is 0. The van der Waals surface area contributed by atoms with Gasteiger partial charge in [-0.1, -0.05) is 30.3 Å². The predicted octanol–water partition coefficient (Wildman–Crippen LogP) is 2.73. The number of benzene rings is 1. The minimum atomic E-state index is 0. The van der Waals surface area contributed by atoms with Crippen molar-refractivity contribution < 1.29 is 0 Å². The molecule has 25 heavy (non-hydrogen) atoms. The number of thioether (sulfide) groups is 1. The Hall–Kier alpha value is -1.30. The third-order valence-electron chi connectivity index (χ3n) is 4.72. The minimum Gasteiger partial charge on any atom is -0.355 e. The van der Waals surface area contributed by atoms with Crippen LogP contribution < -0.4 is 10.2 Å². The molecule has 4 nitrogen and oxygen atoms in total. The summed E-state index contributed by atoms with van der Waals surface area (Å²) in [6.07, 6.45) is 2.87. The van der Waals surface area contributed by atoms with E-state index in [1.165, 1.54) is 34.1 Å². The maximum Gasteiger partial charge on any atom is 0.135 e. The molecule has 6 heteroatoms. The Morgan fingerprint density at radius 2 is 1.76 bits per heavy atom. The summed E-state index contributed by atoms with van der Waals surface area (Å²) >= 11 is 2.04. The number of aromatic nitrogens is 2. The smallest absolute Gasteiger partial charge is 0.135 e. The average molecular weight is 377 g/mol. The Labute approximate surface area is 160 Å². The fourth-order valence-electron chi connectivity index (χ4n) is 3.47. The molecule has 1 aromatic heterocycles. The molecule has 1 fully saturated rings. The molecule has 0 amide bonds. The number of nitrogens with one attached hydrogen (secondary N) is 1. The van der Waals surface area contributed by atoms with Gasteiger partial charge in [0.25, 0.3) is 0 Å². The quantitative estimate of drug-likeness (QED) is 0.892. The van der Waals surface area contributed by atoms with Crippen LogP contribution in [0, 0.1) is 0 Å². The molecule has 4 rings (SSSR count). The second-order valence-electron chi connectivity index (χ2n) is 6.40. The van der Waals surface area contributed by atoms with E-state index in [1.54, 1.807) is 0 Å². The van der Waals surface area contributed by atoms with Crippen LogP contribution >= 0.6 is 24.2 Å². The molecule has 0 spiro atoms. The van der Waals surface area contributed by atoms with Gasteiger partial charge < -0.3 is 10.2 Å². The van der Waals surface area contributed by atoms with Gasteiger partial charge in [0.2, 0.25) is 0 Å². The van der Waals surface area contributed by atoms with Gasteiger partial charge in [-0.15, -0.1) is 12.4 Å². The lowest BCUT2D eigenvalue weighted by Gasteiger charge is -2.30. The Morgan fingerprint density at radius 1 is 1.00 bits per heavy atom. The highest BCUT2D eigenvalue weighted by Crippen LogP contribution is 2.26. The van der Waals surface area contributed by atoms with Crippen LogP contribution in [0.1, 0.15) is 22.6 Å². The Balaban J connectivity index is 0.00000182. The fourth-order valence-corrected chi connectivity index (χ4v) is 4.37. The first kappa shape index (κ1) is 18.5. The third kappa shape index (κ3) is 4.46. The van der Waals surface area contributed by atoms with E-state index in [0.29, 0.717) is 0 Å². The van der Waals surface area contributed by atoms with Crippen molar-refractivity contribution in [2.45, 2.75) is 19.3 Å². The first-order valence-corrected chi connectivity index (χ1v) is 10.0. The van der Waals surface area contributed by atoms with Gasteiger partial charge in [-0.25, -0.2) is 9.97 Å². The molecule has 1 aromatic carbocycles. The highest BCUT2D eigenvalue weighted by molar-refractivity contribution is 7.99. The molecule has 2 aromatic rings. The van der Waals surface area contributed by atoms with E-state index >= 15 is 0 Å². The lowest BCUT2D eigenvalue weighted by atomic mass is 10.1. The lowest BCUT2D eigenvalue weighted by Crippen LogP contribution is -2.34. The van der Waals surface area contributed by atoms with Crippen LogP contribution in [0.3, 0.4) is 0 Å². The van der Waals surface area contributed by atoms with E-state index in [2.05, 4.69) is 40.5 Å². The molecule has 2 aliphatic rings. The van der Waals surface area contributed by atoms with Crippen LogP contribution in [-0.2, 0) is 19.3 Å². The van der Waals surface area contributed by atoms with E-state index in [9.17, 15) is 0 Å². The normalized spacial score (nSPS) is 17.4. The Bertz CT molecular complexity index is 689. The molecule has 0 atom stereocenters. The van der Waals surface area contributed by atoms with Crippen LogP contribution in [0.15, 0.2) is 30.3 Å². The van der Waals surface area contributed by atoms with E-state index < -0.39 is 0 Å². The van der Waals surface area contributed by atoms with Gasteiger partial charge in [-0.2, -0.15) is 11.8 Å². The number of anilines is 1. The van der Waals surface area contributed by atoms with Crippen molar-refractivity contribution in [2.24, 2.45) is 0 Å². The molecule has 0 aliphatic carbocycles. The maximum absolute atomic E-state index is 5.02. The summed E-state index contributed by atoms with van der Waals surface area (Å²) in [4.78, 5) is 12.4. The second-order valence-corrected chi connectivity index (χ2v) is 7.63. The summed E-state index contributed by atoms with van der Waals surface area (Å²) in [6, 6.07) is 10.6. The van der Waals surface area contributed by atoms with Gasteiger partial charge in [0.05, 0.1) is 5.69 Å². The van der Waals surface area contributed by atoms with Crippen molar-refractivity contribution in [1.29, 1.82) is 0 Å². The molecule has 134 valence electrons. The SMILES string of the molecule is Cl.c1ccc(Cc2nc3c(c(N4CCSCC4)n2)CCNCC3)cc1. The van der Waals surface area contributed by atoms with E-state index in [4.69, 9.17) is 9.97 Å². The van der Waals surface area contributed by atoms with Crippen LogP contribution in [0.25, 0.3) is 0 Å². The number of hydrogen-bond acceptors (Lipinski definition) is 5. The topological polar surface area (TPSA) is 41.1 Å². The zero-order valence-corrected chi connectivity index (χ0v) is 16.0. The molecule has 0 unspecified atom stereocenters. The highest BCUT2D eigenvalue weighted by atomic mass is 35.5. The van der Waals surface area contributed by atoms with Gasteiger partial charge in [-0.3, -0.25) is 0 Å². The molecule has 1 N–H and O–H groups in total. The fraction of sp³-hybridized carbons (Fsp3) is 0.474. The molecule has 0 saturated carbocycles. The second kappa shape index (κ2) is 8.88. The molecule has 2 aliphatic heterocycles. The number of nitrogens with zero attached hydrogens (tertiary/aromatic N) is 3. The van der Waals surface area contributed by atoms with Crippen molar-refractivity contribution in [3.8, 4) is 0 Å². The third-order valence-corrected chi connectivity index (χ3v) is 5.67. The van der Waals surface area contributed by atoms with Crippen molar-refractivity contribution in [3.05, 3.63) is 53.0 Å². The summed E-state index contributed by atoms with van der Waals surface area (Å²) in [5, 5.41) is 3.50. The summed E-state index contributed by atoms with van der Waals surface area (Å²) < 4.78 is 0. The van der Waals surface area contributed by atoms with Crippen LogP contribution in [0.5, 0.6) is 0 Å². The predicted molar refractivity (Wildman–Crippen MR) is 108 cm³/mol. The summed E-state index contributed by atoms with van der Waals surface area (Å²) in [6.45, 7) is 4.26. The molecular weight excluding hydrogens is 352 g/mol. The number of hydrogen-bond donors (Lipinski definition) is 1. The van der Waals surface area contributed by atoms with E-state index in [-0.39, 0.29) is 12.4 Å². The van der Waals surface area contributed by atoms with Gasteiger partial charge >= 0.3 is 0 Å². The van der Waals surface area contributed by atoms with Gasteiger partial charge in [0, 0.05) is 49.5 Å². The van der Waals surface area contributed by atoms with Crippen molar-refractivity contribution in [2.75, 3.05) is 42.6 Å². The molecule has 0 radical (unpaired) electrons. The lowest BCUT2D eigenvalue weighted by molar-refractivity contribution is 0.707. The van der Waals surface area contributed by atoms with E-state index in [0.717, 1.165) is 51.3 Å². The average Bonchev–Trinajstić information content (AvgIpc) is 2.88. The van der Waals surface area contributed by atoms with E-state index in [1.807, 2.05) is 11.8 Å². The standard InChI is InChI=1S/C19H24N4S.ClH/c1-2-4-15(5-3-1)14-18-21-17-7-9-20-8-6-16(17)19(22-18)23-10-12-24-13-11-23;/h1-5,20H,6-14H2;1H. The number of halogens is 1. The number of rotatable bonds is 3. The summed E-state index contributed by atoms with van der Waals surface area (Å²) in [5.74, 6) is 4.57. The Morgan fingerprint density at radius 3 is 2.56 bits per heavy atom. The largest absolute Gasteiger partial charge is 0.355 e. The zero-order chi connectivity index (χ0) is 16.2. The highest BCUT2D eigenvalue weighted by Gasteiger charge is 2.22. The Kier molecular flexibility index (Phi) is 6.57. The maximum atomic E-state index is 5.02. The van der Waals surface area contributed by atoms with Crippen LogP contribution in [0.2, 0.25) is 0 Å². The number of fused-ring (bicyclic) bond motifs is 1. The molecule has 1 saturated heterocycles. The van der Waals surface area contributed by atoms with Crippen molar-refractivity contribution in [3.63, 3.8) is 0 Å². The first-order valence-electron chi connectivity index (χ1n) is 8.86. The monoisotopic (exact) mass is 376 g/mol. The van der Waals surface area contributed by atoms with Gasteiger partial charge in [0.15, 0.2) is 0 Å². The first-order chi connectivity index (χ1) is 11.9. The van der Waals surface area contributed by atoms with Crippen LogP contribution in [0.4, 0.5) is 5.82 Å². The van der Waals surface area contributed by atoms with Gasteiger partial charge in [-0.05, 0) is 18.5 Å².